The van der Waals surface area contributed by atoms with E-state index < -0.39 is 0 Å². The third-order valence-corrected chi connectivity index (χ3v) is 3.14. The summed E-state index contributed by atoms with van der Waals surface area (Å²) in [7, 11) is 0. The quantitative estimate of drug-likeness (QED) is 0.827. The summed E-state index contributed by atoms with van der Waals surface area (Å²) in [6.45, 7) is 2.25. The van der Waals surface area contributed by atoms with Gasteiger partial charge in [0.25, 0.3) is 0 Å². The Morgan fingerprint density at radius 2 is 2.53 bits per heavy atom. The van der Waals surface area contributed by atoms with Crippen LogP contribution in [-0.4, -0.2) is 31.6 Å². The van der Waals surface area contributed by atoms with Gasteiger partial charge >= 0.3 is 0 Å². The number of hydrogen-bond donors (Lipinski definition) is 1. The number of ether oxygens (including phenoxy) is 1. The highest BCUT2D eigenvalue weighted by Crippen LogP contribution is 2.13. The Morgan fingerprint density at radius 1 is 1.67 bits per heavy atom. The van der Waals surface area contributed by atoms with Gasteiger partial charge in [-0.3, -0.25) is 4.79 Å². The first kappa shape index (κ1) is 12.6. The number of carbonyl (C=O) groups excluding carboxylic acids is 1. The Labute approximate surface area is 99.2 Å². The molecular weight excluding hydrogens is 234 g/mol. The number of morpholine rings is 1. The van der Waals surface area contributed by atoms with Crippen LogP contribution in [0.2, 0.25) is 0 Å². The van der Waals surface area contributed by atoms with Gasteiger partial charge in [0, 0.05) is 19.0 Å². The van der Waals surface area contributed by atoms with Gasteiger partial charge in [-0.25, -0.2) is 0 Å². The standard InChI is InChI=1S/C10H13NO2S.ClH/c12-9(10-2-1-5-14-10)6-8-7-13-4-3-11-8;/h1-2,5,8,11H,3-4,6-7H2;1H. The van der Waals surface area contributed by atoms with Crippen LogP contribution in [0.4, 0.5) is 0 Å². The van der Waals surface area contributed by atoms with Crippen molar-refractivity contribution in [2.24, 2.45) is 0 Å². The highest BCUT2D eigenvalue weighted by molar-refractivity contribution is 7.12. The fourth-order valence-corrected chi connectivity index (χ4v) is 2.19. The third-order valence-electron chi connectivity index (χ3n) is 2.23. The molecule has 0 saturated carbocycles. The maximum absolute atomic E-state index is 11.7. The van der Waals surface area contributed by atoms with Gasteiger partial charge < -0.3 is 10.1 Å². The molecule has 1 aliphatic rings. The van der Waals surface area contributed by atoms with Gasteiger partial charge in [0.2, 0.25) is 0 Å². The first-order valence-corrected chi connectivity index (χ1v) is 5.62. The molecule has 0 aromatic carbocycles. The minimum Gasteiger partial charge on any atom is -0.378 e. The molecule has 1 aromatic heterocycles. The van der Waals surface area contributed by atoms with Gasteiger partial charge in [-0.05, 0) is 11.4 Å². The Kier molecular flexibility index (Phi) is 5.25. The number of halogens is 1. The predicted octanol–water partition coefficient (Wildman–Crippen LogP) is 1.73. The lowest BCUT2D eigenvalue weighted by molar-refractivity contribution is 0.0677. The van der Waals surface area contributed by atoms with E-state index in [-0.39, 0.29) is 24.2 Å². The number of hydrogen-bond acceptors (Lipinski definition) is 4. The second-order valence-corrected chi connectivity index (χ2v) is 4.28. The van der Waals surface area contributed by atoms with Crippen molar-refractivity contribution in [3.05, 3.63) is 22.4 Å². The average molecular weight is 248 g/mol. The van der Waals surface area contributed by atoms with E-state index in [9.17, 15) is 4.79 Å². The van der Waals surface area contributed by atoms with Gasteiger partial charge in [-0.15, -0.1) is 23.7 Å². The van der Waals surface area contributed by atoms with Gasteiger partial charge in [0.05, 0.1) is 18.1 Å². The molecule has 0 amide bonds. The second-order valence-electron chi connectivity index (χ2n) is 3.33. The van der Waals surface area contributed by atoms with Crippen LogP contribution in [0.1, 0.15) is 16.1 Å². The van der Waals surface area contributed by atoms with Crippen LogP contribution in [-0.2, 0) is 4.74 Å². The summed E-state index contributed by atoms with van der Waals surface area (Å²) in [6.07, 6.45) is 0.542. The van der Waals surface area contributed by atoms with Crippen LogP contribution in [0.3, 0.4) is 0 Å². The molecule has 1 aliphatic heterocycles. The van der Waals surface area contributed by atoms with Gasteiger partial charge in [0.1, 0.15) is 0 Å². The average Bonchev–Trinajstić information content (AvgIpc) is 2.72. The molecule has 1 N–H and O–H groups in total. The van der Waals surface area contributed by atoms with Crippen molar-refractivity contribution in [1.82, 2.24) is 5.32 Å². The molecule has 0 bridgehead atoms. The summed E-state index contributed by atoms with van der Waals surface area (Å²) in [5, 5.41) is 5.20. The smallest absolute Gasteiger partial charge is 0.174 e. The van der Waals surface area contributed by atoms with Gasteiger partial charge in [-0.1, -0.05) is 6.07 Å². The summed E-state index contributed by atoms with van der Waals surface area (Å²) in [4.78, 5) is 12.5. The van der Waals surface area contributed by atoms with E-state index >= 15 is 0 Å². The van der Waals surface area contributed by atoms with Crippen LogP contribution in [0.25, 0.3) is 0 Å². The SMILES string of the molecule is Cl.O=C(CC1COCCN1)c1cccs1. The highest BCUT2D eigenvalue weighted by atomic mass is 35.5. The molecule has 1 fully saturated rings. The molecule has 0 radical (unpaired) electrons. The number of thiophene rings is 1. The summed E-state index contributed by atoms with van der Waals surface area (Å²) in [5.41, 5.74) is 0. The lowest BCUT2D eigenvalue weighted by atomic mass is 10.1. The summed E-state index contributed by atoms with van der Waals surface area (Å²) < 4.78 is 5.29. The Hall–Kier alpha value is -0.420. The van der Waals surface area contributed by atoms with Crippen LogP contribution >= 0.6 is 23.7 Å². The van der Waals surface area contributed by atoms with E-state index in [1.54, 1.807) is 0 Å². The van der Waals surface area contributed by atoms with Crippen LogP contribution in [0.5, 0.6) is 0 Å². The van der Waals surface area contributed by atoms with E-state index in [1.165, 1.54) is 11.3 Å². The second kappa shape index (κ2) is 6.23. The lowest BCUT2D eigenvalue weighted by Crippen LogP contribution is -2.42. The van der Waals surface area contributed by atoms with E-state index in [2.05, 4.69) is 5.32 Å². The topological polar surface area (TPSA) is 38.3 Å². The molecule has 84 valence electrons. The minimum absolute atomic E-state index is 0. The molecule has 15 heavy (non-hydrogen) atoms. The van der Waals surface area contributed by atoms with Crippen molar-refractivity contribution < 1.29 is 9.53 Å². The normalized spacial score (nSPS) is 20.7. The summed E-state index contributed by atoms with van der Waals surface area (Å²) >= 11 is 1.50. The minimum atomic E-state index is 0. The first-order valence-electron chi connectivity index (χ1n) is 4.74. The fourth-order valence-electron chi connectivity index (χ4n) is 1.51. The first-order chi connectivity index (χ1) is 6.86. The molecule has 1 aromatic rings. The number of nitrogens with one attached hydrogen (secondary N) is 1. The molecule has 1 unspecified atom stereocenters. The van der Waals surface area contributed by atoms with E-state index in [1.807, 2.05) is 17.5 Å². The number of carbonyl (C=O) groups is 1. The van der Waals surface area contributed by atoms with Crippen molar-refractivity contribution >= 4 is 29.5 Å². The third kappa shape index (κ3) is 3.57. The fraction of sp³-hybridized carbons (Fsp3) is 0.500. The van der Waals surface area contributed by atoms with Crippen molar-refractivity contribution in [3.63, 3.8) is 0 Å². The Bertz CT molecular complexity index is 296. The van der Waals surface area contributed by atoms with Crippen molar-refractivity contribution in [3.8, 4) is 0 Å². The molecule has 1 atom stereocenters. The van der Waals surface area contributed by atoms with Crippen LogP contribution in [0, 0.1) is 0 Å². The summed E-state index contributed by atoms with van der Waals surface area (Å²) in [6, 6.07) is 3.97. The number of Topliss-reactive ketones (excluding diaryl/α,β-unsaturated/α-hetero) is 1. The molecule has 5 heteroatoms. The summed E-state index contributed by atoms with van der Waals surface area (Å²) in [5.74, 6) is 0.211. The molecule has 0 spiro atoms. The largest absolute Gasteiger partial charge is 0.378 e. The number of rotatable bonds is 3. The van der Waals surface area contributed by atoms with Gasteiger partial charge in [0.15, 0.2) is 5.78 Å². The highest BCUT2D eigenvalue weighted by Gasteiger charge is 2.17. The molecule has 1 saturated heterocycles. The molecule has 2 heterocycles. The molecule has 2 rings (SSSR count). The van der Waals surface area contributed by atoms with E-state index in [0.29, 0.717) is 13.0 Å². The van der Waals surface area contributed by atoms with Crippen LogP contribution in [0.15, 0.2) is 17.5 Å². The molecule has 0 aliphatic carbocycles. The maximum atomic E-state index is 11.7. The molecule has 3 nitrogen and oxygen atoms in total. The van der Waals surface area contributed by atoms with Crippen molar-refractivity contribution in [2.45, 2.75) is 12.5 Å². The van der Waals surface area contributed by atoms with E-state index in [4.69, 9.17) is 4.74 Å². The van der Waals surface area contributed by atoms with Gasteiger partial charge in [-0.2, -0.15) is 0 Å². The maximum Gasteiger partial charge on any atom is 0.174 e. The molecular formula is C10H14ClNO2S. The zero-order valence-electron chi connectivity index (χ0n) is 8.27. The zero-order valence-corrected chi connectivity index (χ0v) is 9.90. The Balaban J connectivity index is 0.00000112. The Morgan fingerprint density at radius 3 is 3.13 bits per heavy atom. The van der Waals surface area contributed by atoms with E-state index in [0.717, 1.165) is 18.0 Å². The monoisotopic (exact) mass is 247 g/mol. The lowest BCUT2D eigenvalue weighted by Gasteiger charge is -2.22. The van der Waals surface area contributed by atoms with Crippen LogP contribution < -0.4 is 5.32 Å². The zero-order chi connectivity index (χ0) is 9.80. The van der Waals surface area contributed by atoms with Crippen molar-refractivity contribution in [2.75, 3.05) is 19.8 Å². The predicted molar refractivity (Wildman–Crippen MR) is 63.1 cm³/mol. The number of ketones is 1. The van der Waals surface area contributed by atoms with Crippen molar-refractivity contribution in [1.29, 1.82) is 0 Å².